The van der Waals surface area contributed by atoms with E-state index in [9.17, 15) is 0 Å². The first-order chi connectivity index (χ1) is 9.10. The Morgan fingerprint density at radius 1 is 1.21 bits per heavy atom. The molecule has 6 heteroatoms. The van der Waals surface area contributed by atoms with Crippen LogP contribution >= 0.6 is 0 Å². The van der Waals surface area contributed by atoms with E-state index >= 15 is 0 Å². The summed E-state index contributed by atoms with van der Waals surface area (Å²) >= 11 is 0. The molecule has 1 aliphatic rings. The van der Waals surface area contributed by atoms with Gasteiger partial charge in [0.2, 0.25) is 11.9 Å². The number of hydrogen-bond donors (Lipinski definition) is 1. The summed E-state index contributed by atoms with van der Waals surface area (Å²) in [6.45, 7) is 3.92. The van der Waals surface area contributed by atoms with Gasteiger partial charge in [0.05, 0.1) is 6.10 Å². The molecule has 0 unspecified atom stereocenters. The van der Waals surface area contributed by atoms with E-state index in [2.05, 4.69) is 25.2 Å². The first-order valence-corrected chi connectivity index (χ1v) is 6.93. The van der Waals surface area contributed by atoms with Crippen LogP contribution in [0.1, 0.15) is 39.5 Å². The summed E-state index contributed by atoms with van der Waals surface area (Å²) in [6.07, 6.45) is 5.04. The molecule has 6 nitrogen and oxygen atoms in total. The Balaban J connectivity index is 2.22. The smallest absolute Gasteiger partial charge is 0.323 e. The molecule has 0 spiro atoms. The average molecular weight is 265 g/mol. The van der Waals surface area contributed by atoms with E-state index in [0.29, 0.717) is 23.9 Å². The fourth-order valence-electron chi connectivity index (χ4n) is 2.33. The van der Waals surface area contributed by atoms with Crippen molar-refractivity contribution in [3.05, 3.63) is 0 Å². The topological polar surface area (TPSA) is 63.2 Å². The van der Waals surface area contributed by atoms with Crippen molar-refractivity contribution < 1.29 is 4.74 Å². The first-order valence-electron chi connectivity index (χ1n) is 6.93. The molecule has 2 rings (SSSR count). The van der Waals surface area contributed by atoms with Crippen LogP contribution in [0.3, 0.4) is 0 Å². The maximum Gasteiger partial charge on any atom is 0.323 e. The van der Waals surface area contributed by atoms with Crippen molar-refractivity contribution in [1.29, 1.82) is 0 Å². The molecular formula is C13H23N5O. The van der Waals surface area contributed by atoms with E-state index in [1.165, 1.54) is 25.7 Å². The number of hydrogen-bond acceptors (Lipinski definition) is 6. The third kappa shape index (κ3) is 3.45. The molecule has 0 atom stereocenters. The second kappa shape index (κ2) is 6.04. The number of rotatable bonds is 5. The van der Waals surface area contributed by atoms with Crippen LogP contribution in [0.5, 0.6) is 6.01 Å². The molecule has 0 aliphatic heterocycles. The van der Waals surface area contributed by atoms with Crippen molar-refractivity contribution >= 4 is 11.9 Å². The highest BCUT2D eigenvalue weighted by atomic mass is 16.5. The van der Waals surface area contributed by atoms with E-state index in [1.54, 1.807) is 7.05 Å². The summed E-state index contributed by atoms with van der Waals surface area (Å²) in [7, 11) is 3.84. The summed E-state index contributed by atoms with van der Waals surface area (Å²) < 4.78 is 5.58. The normalized spacial score (nSPS) is 15.8. The van der Waals surface area contributed by atoms with Crippen LogP contribution in [0.2, 0.25) is 0 Å². The van der Waals surface area contributed by atoms with Gasteiger partial charge in [-0.15, -0.1) is 0 Å². The van der Waals surface area contributed by atoms with E-state index in [4.69, 9.17) is 4.74 Å². The fourth-order valence-corrected chi connectivity index (χ4v) is 2.33. The summed E-state index contributed by atoms with van der Waals surface area (Å²) in [5.74, 6) is 1.23. The third-order valence-electron chi connectivity index (χ3n) is 3.36. The lowest BCUT2D eigenvalue weighted by atomic mass is 10.2. The van der Waals surface area contributed by atoms with Crippen LogP contribution in [-0.2, 0) is 0 Å². The molecule has 0 saturated heterocycles. The monoisotopic (exact) mass is 265 g/mol. The largest absolute Gasteiger partial charge is 0.461 e. The molecule has 19 heavy (non-hydrogen) atoms. The number of aromatic nitrogens is 3. The van der Waals surface area contributed by atoms with Gasteiger partial charge in [-0.05, 0) is 26.7 Å². The van der Waals surface area contributed by atoms with Crippen LogP contribution in [0.25, 0.3) is 0 Å². The number of nitrogens with zero attached hydrogens (tertiary/aromatic N) is 4. The summed E-state index contributed by atoms with van der Waals surface area (Å²) in [5.41, 5.74) is 0. The molecule has 1 aliphatic carbocycles. The maximum absolute atomic E-state index is 5.58. The van der Waals surface area contributed by atoms with Gasteiger partial charge >= 0.3 is 6.01 Å². The lowest BCUT2D eigenvalue weighted by molar-refractivity contribution is 0.222. The molecule has 0 aromatic carbocycles. The molecule has 1 N–H and O–H groups in total. The van der Waals surface area contributed by atoms with Gasteiger partial charge in [0.15, 0.2) is 0 Å². The lowest BCUT2D eigenvalue weighted by Gasteiger charge is -2.24. The summed E-state index contributed by atoms with van der Waals surface area (Å²) in [6, 6.07) is 0.910. The highest BCUT2D eigenvalue weighted by Crippen LogP contribution is 2.26. The van der Waals surface area contributed by atoms with Crippen LogP contribution in [0.15, 0.2) is 0 Å². The van der Waals surface area contributed by atoms with Gasteiger partial charge in [-0.1, -0.05) is 12.8 Å². The molecule has 1 saturated carbocycles. The summed E-state index contributed by atoms with van der Waals surface area (Å²) in [5, 5.41) is 2.96. The van der Waals surface area contributed by atoms with Crippen molar-refractivity contribution in [2.24, 2.45) is 0 Å². The van der Waals surface area contributed by atoms with Crippen LogP contribution in [-0.4, -0.2) is 41.2 Å². The zero-order valence-corrected chi connectivity index (χ0v) is 12.2. The zero-order chi connectivity index (χ0) is 13.8. The molecule has 0 radical (unpaired) electrons. The minimum atomic E-state index is 0.0525. The minimum absolute atomic E-state index is 0.0525. The van der Waals surface area contributed by atoms with Gasteiger partial charge in [0.1, 0.15) is 0 Å². The first kappa shape index (κ1) is 13.8. The van der Waals surface area contributed by atoms with Gasteiger partial charge in [0, 0.05) is 20.1 Å². The van der Waals surface area contributed by atoms with Crippen molar-refractivity contribution in [1.82, 2.24) is 15.0 Å². The Hall–Kier alpha value is -1.59. The quantitative estimate of drug-likeness (QED) is 0.879. The predicted molar refractivity (Wildman–Crippen MR) is 75.8 cm³/mol. The molecular weight excluding hydrogens is 242 g/mol. The van der Waals surface area contributed by atoms with Crippen molar-refractivity contribution in [2.45, 2.75) is 51.7 Å². The Labute approximate surface area is 114 Å². The Kier molecular flexibility index (Phi) is 4.39. The molecule has 1 aromatic heterocycles. The molecule has 1 fully saturated rings. The second-order valence-electron chi connectivity index (χ2n) is 5.21. The number of ether oxygens (including phenoxy) is 1. The van der Waals surface area contributed by atoms with Crippen LogP contribution < -0.4 is 15.0 Å². The lowest BCUT2D eigenvalue weighted by Crippen LogP contribution is -2.31. The molecule has 0 amide bonds. The molecule has 106 valence electrons. The molecule has 0 bridgehead atoms. The van der Waals surface area contributed by atoms with Gasteiger partial charge in [-0.25, -0.2) is 0 Å². The van der Waals surface area contributed by atoms with E-state index < -0.39 is 0 Å². The fraction of sp³-hybridized carbons (Fsp3) is 0.769. The average Bonchev–Trinajstić information content (AvgIpc) is 2.90. The Morgan fingerprint density at radius 3 is 2.47 bits per heavy atom. The van der Waals surface area contributed by atoms with E-state index in [0.717, 1.165) is 0 Å². The van der Waals surface area contributed by atoms with Gasteiger partial charge in [0.25, 0.3) is 0 Å². The van der Waals surface area contributed by atoms with Gasteiger partial charge in [-0.3, -0.25) is 0 Å². The summed E-state index contributed by atoms with van der Waals surface area (Å²) in [4.78, 5) is 15.2. The number of anilines is 2. The van der Waals surface area contributed by atoms with E-state index in [1.807, 2.05) is 20.9 Å². The second-order valence-corrected chi connectivity index (χ2v) is 5.21. The zero-order valence-electron chi connectivity index (χ0n) is 12.2. The van der Waals surface area contributed by atoms with Crippen molar-refractivity contribution in [2.75, 3.05) is 24.3 Å². The standard InChI is InChI=1S/C13H23N5O/c1-9(2)19-13-16-11(14-3)15-12(17-13)18(4)10-7-5-6-8-10/h9-10H,5-8H2,1-4H3,(H,14,15,16,17). The number of nitrogens with one attached hydrogen (secondary N) is 1. The van der Waals surface area contributed by atoms with Crippen molar-refractivity contribution in [3.63, 3.8) is 0 Å². The third-order valence-corrected chi connectivity index (χ3v) is 3.36. The van der Waals surface area contributed by atoms with Gasteiger partial charge in [-0.2, -0.15) is 15.0 Å². The predicted octanol–water partition coefficient (Wildman–Crippen LogP) is 2.08. The highest BCUT2D eigenvalue weighted by Gasteiger charge is 2.22. The van der Waals surface area contributed by atoms with Crippen LogP contribution in [0, 0.1) is 0 Å². The van der Waals surface area contributed by atoms with Crippen LogP contribution in [0.4, 0.5) is 11.9 Å². The highest BCUT2D eigenvalue weighted by molar-refractivity contribution is 5.38. The molecule has 1 heterocycles. The van der Waals surface area contributed by atoms with E-state index in [-0.39, 0.29) is 6.10 Å². The van der Waals surface area contributed by atoms with Gasteiger partial charge < -0.3 is 15.0 Å². The Bertz CT molecular complexity index is 417. The van der Waals surface area contributed by atoms with Crippen molar-refractivity contribution in [3.8, 4) is 6.01 Å². The Morgan fingerprint density at radius 2 is 1.89 bits per heavy atom. The minimum Gasteiger partial charge on any atom is -0.461 e. The maximum atomic E-state index is 5.58. The molecule has 1 aromatic rings. The SMILES string of the molecule is CNc1nc(OC(C)C)nc(N(C)C2CCCC2)n1.